The van der Waals surface area contributed by atoms with Crippen LogP contribution in [-0.2, 0) is 13.9 Å². The van der Waals surface area contributed by atoms with E-state index in [1.807, 2.05) is 6.92 Å². The molecular weight excluding hydrogens is 283 g/mol. The summed E-state index contributed by atoms with van der Waals surface area (Å²) < 4.78 is 15.2. The number of nitrogens with two attached hydrogens (primary N) is 1. The Morgan fingerprint density at radius 1 is 1.35 bits per heavy atom. The van der Waals surface area contributed by atoms with Gasteiger partial charge >= 0.3 is 7.82 Å². The van der Waals surface area contributed by atoms with E-state index in [-0.39, 0.29) is 24.3 Å². The zero-order chi connectivity index (χ0) is 15.2. The minimum absolute atomic E-state index is 0.0115. The number of hydrogen-bond acceptors (Lipinski definition) is 4. The van der Waals surface area contributed by atoms with E-state index in [1.165, 1.54) is 0 Å². The summed E-state index contributed by atoms with van der Waals surface area (Å²) in [5.41, 5.74) is 5.40. The van der Waals surface area contributed by atoms with E-state index in [4.69, 9.17) is 15.5 Å². The summed E-state index contributed by atoms with van der Waals surface area (Å²) in [6.45, 7) is 3.75. The van der Waals surface area contributed by atoms with Gasteiger partial charge in [-0.15, -0.1) is 0 Å². The normalized spacial score (nSPS) is 23.3. The second-order valence-corrected chi connectivity index (χ2v) is 6.66. The van der Waals surface area contributed by atoms with Gasteiger partial charge in [0.05, 0.1) is 6.61 Å². The lowest BCUT2D eigenvalue weighted by molar-refractivity contribution is -0.130. The number of likely N-dealkylation sites (tertiary alicyclic amines) is 1. The van der Waals surface area contributed by atoms with Gasteiger partial charge in [-0.05, 0) is 25.3 Å². The predicted molar refractivity (Wildman–Crippen MR) is 74.8 cm³/mol. The van der Waals surface area contributed by atoms with Gasteiger partial charge in [0.1, 0.15) is 0 Å². The van der Waals surface area contributed by atoms with Crippen molar-refractivity contribution in [2.24, 2.45) is 17.6 Å². The van der Waals surface area contributed by atoms with Gasteiger partial charge < -0.3 is 20.4 Å². The van der Waals surface area contributed by atoms with Crippen LogP contribution in [0.3, 0.4) is 0 Å². The number of phosphoric ester groups is 1. The molecule has 0 spiro atoms. The molecule has 20 heavy (non-hydrogen) atoms. The summed E-state index contributed by atoms with van der Waals surface area (Å²) in [6, 6.07) is 0. The third-order valence-electron chi connectivity index (χ3n) is 3.67. The average molecular weight is 308 g/mol. The first-order chi connectivity index (χ1) is 9.33. The zero-order valence-corrected chi connectivity index (χ0v) is 12.8. The molecule has 0 aromatic heterocycles. The van der Waals surface area contributed by atoms with Crippen molar-refractivity contribution >= 4 is 13.7 Å². The Kier molecular flexibility index (Phi) is 7.12. The van der Waals surface area contributed by atoms with E-state index in [0.717, 1.165) is 19.3 Å². The van der Waals surface area contributed by atoms with Crippen LogP contribution in [0.4, 0.5) is 0 Å². The van der Waals surface area contributed by atoms with Gasteiger partial charge in [-0.3, -0.25) is 9.32 Å². The summed E-state index contributed by atoms with van der Waals surface area (Å²) in [5, 5.41) is 0. The standard InChI is InChI=1S/C12H25N2O5P/c1-10-7-14(12(15)5-3-2-4-6-13)8-11(10)9-19-20(16,17)18/h10-11H,2-9,13H2,1H3,(H2,16,17,18). The summed E-state index contributed by atoms with van der Waals surface area (Å²) in [5.74, 6) is 0.276. The second-order valence-electron chi connectivity index (χ2n) is 5.42. The maximum absolute atomic E-state index is 12.0. The van der Waals surface area contributed by atoms with Crippen LogP contribution in [0.5, 0.6) is 0 Å². The summed E-state index contributed by atoms with van der Waals surface area (Å²) >= 11 is 0. The van der Waals surface area contributed by atoms with Crippen LogP contribution < -0.4 is 5.73 Å². The summed E-state index contributed by atoms with van der Waals surface area (Å²) in [4.78, 5) is 31.2. The van der Waals surface area contributed by atoms with E-state index in [9.17, 15) is 9.36 Å². The molecule has 1 fully saturated rings. The average Bonchev–Trinajstić information content (AvgIpc) is 2.73. The summed E-state index contributed by atoms with van der Waals surface area (Å²) in [6.07, 6.45) is 3.24. The first-order valence-corrected chi connectivity index (χ1v) is 8.54. The molecule has 1 heterocycles. The highest BCUT2D eigenvalue weighted by Crippen LogP contribution is 2.38. The number of amides is 1. The highest BCUT2D eigenvalue weighted by molar-refractivity contribution is 7.46. The van der Waals surface area contributed by atoms with Crippen LogP contribution in [-0.4, -0.2) is 46.8 Å². The summed E-state index contributed by atoms with van der Waals surface area (Å²) in [7, 11) is -4.43. The Bertz CT molecular complexity index is 360. The lowest BCUT2D eigenvalue weighted by Crippen LogP contribution is -2.29. The molecule has 0 aliphatic carbocycles. The molecule has 0 saturated carbocycles. The number of unbranched alkanes of at least 4 members (excludes halogenated alkanes) is 2. The largest absolute Gasteiger partial charge is 0.469 e. The molecule has 1 rings (SSSR count). The van der Waals surface area contributed by atoms with Crippen molar-refractivity contribution in [3.8, 4) is 0 Å². The van der Waals surface area contributed by atoms with Crippen LogP contribution in [0.25, 0.3) is 0 Å². The molecule has 2 atom stereocenters. The highest BCUT2D eigenvalue weighted by Gasteiger charge is 2.33. The Morgan fingerprint density at radius 3 is 2.65 bits per heavy atom. The quantitative estimate of drug-likeness (QED) is 0.449. The Balaban J connectivity index is 2.32. The number of carbonyl (C=O) groups is 1. The van der Waals surface area contributed by atoms with Crippen molar-refractivity contribution in [3.05, 3.63) is 0 Å². The van der Waals surface area contributed by atoms with Gasteiger partial charge in [-0.2, -0.15) is 0 Å². The van der Waals surface area contributed by atoms with Crippen LogP contribution >= 0.6 is 7.82 Å². The monoisotopic (exact) mass is 308 g/mol. The minimum Gasteiger partial charge on any atom is -0.342 e. The van der Waals surface area contributed by atoms with Gasteiger partial charge in [0.2, 0.25) is 5.91 Å². The van der Waals surface area contributed by atoms with Crippen LogP contribution in [0.15, 0.2) is 0 Å². The smallest absolute Gasteiger partial charge is 0.342 e. The molecule has 1 aliphatic heterocycles. The van der Waals surface area contributed by atoms with E-state index >= 15 is 0 Å². The Morgan fingerprint density at radius 2 is 2.05 bits per heavy atom. The topological polar surface area (TPSA) is 113 Å². The molecule has 0 bridgehead atoms. The highest BCUT2D eigenvalue weighted by atomic mass is 31.2. The van der Waals surface area contributed by atoms with Crippen LogP contribution in [0.2, 0.25) is 0 Å². The third kappa shape index (κ3) is 6.33. The van der Waals surface area contributed by atoms with Crippen molar-refractivity contribution in [2.75, 3.05) is 26.2 Å². The van der Waals surface area contributed by atoms with Crippen molar-refractivity contribution in [1.82, 2.24) is 4.90 Å². The molecule has 0 aromatic rings. The van der Waals surface area contributed by atoms with Crippen LogP contribution in [0, 0.1) is 11.8 Å². The molecule has 2 unspecified atom stereocenters. The molecule has 4 N–H and O–H groups in total. The van der Waals surface area contributed by atoms with Gasteiger partial charge in [-0.25, -0.2) is 4.57 Å². The van der Waals surface area contributed by atoms with Crippen molar-refractivity contribution < 1.29 is 23.7 Å². The first kappa shape index (κ1) is 17.6. The fourth-order valence-electron chi connectivity index (χ4n) is 2.40. The lowest BCUT2D eigenvalue weighted by Gasteiger charge is -2.16. The zero-order valence-electron chi connectivity index (χ0n) is 11.9. The molecule has 1 amide bonds. The molecule has 0 aromatic carbocycles. The Labute approximate surface area is 119 Å². The van der Waals surface area contributed by atoms with Crippen molar-refractivity contribution in [3.63, 3.8) is 0 Å². The fraction of sp³-hybridized carbons (Fsp3) is 0.917. The second kappa shape index (κ2) is 8.10. The van der Waals surface area contributed by atoms with E-state index < -0.39 is 7.82 Å². The lowest BCUT2D eigenvalue weighted by atomic mass is 10.00. The molecule has 1 aliphatic rings. The maximum atomic E-state index is 12.0. The number of hydrogen-bond donors (Lipinski definition) is 3. The predicted octanol–water partition coefficient (Wildman–Crippen LogP) is 0.709. The number of rotatable bonds is 8. The van der Waals surface area contributed by atoms with Gasteiger partial charge in [0.25, 0.3) is 0 Å². The van der Waals surface area contributed by atoms with E-state index in [0.29, 0.717) is 26.1 Å². The number of phosphoric acid groups is 1. The number of nitrogens with zero attached hydrogens (tertiary/aromatic N) is 1. The molecule has 1 saturated heterocycles. The van der Waals surface area contributed by atoms with Crippen molar-refractivity contribution in [2.45, 2.75) is 32.6 Å². The SMILES string of the molecule is CC1CN(C(=O)CCCCCN)CC1COP(=O)(O)O. The Hall–Kier alpha value is -0.460. The number of carbonyl (C=O) groups excluding carboxylic acids is 1. The first-order valence-electron chi connectivity index (χ1n) is 7.01. The third-order valence-corrected chi connectivity index (χ3v) is 4.16. The van der Waals surface area contributed by atoms with Gasteiger partial charge in [0, 0.05) is 25.4 Å². The maximum Gasteiger partial charge on any atom is 0.469 e. The minimum atomic E-state index is -4.43. The van der Waals surface area contributed by atoms with Gasteiger partial charge in [-0.1, -0.05) is 13.3 Å². The van der Waals surface area contributed by atoms with Crippen LogP contribution in [0.1, 0.15) is 32.6 Å². The molecule has 118 valence electrons. The molecule has 0 radical (unpaired) electrons. The van der Waals surface area contributed by atoms with E-state index in [1.54, 1.807) is 4.90 Å². The van der Waals surface area contributed by atoms with Gasteiger partial charge in [0.15, 0.2) is 0 Å². The van der Waals surface area contributed by atoms with E-state index in [2.05, 4.69) is 4.52 Å². The molecule has 8 heteroatoms. The fourth-order valence-corrected chi connectivity index (χ4v) is 2.79. The van der Waals surface area contributed by atoms with Crippen molar-refractivity contribution in [1.29, 1.82) is 0 Å². The molecular formula is C12H25N2O5P. The molecule has 7 nitrogen and oxygen atoms in total.